The third kappa shape index (κ3) is 3.79. The van der Waals surface area contributed by atoms with Crippen molar-refractivity contribution >= 4 is 5.91 Å². The van der Waals surface area contributed by atoms with E-state index in [9.17, 15) is 9.90 Å². The van der Waals surface area contributed by atoms with Gasteiger partial charge in [-0.2, -0.15) is 0 Å². The highest BCUT2D eigenvalue weighted by molar-refractivity contribution is 5.77. The number of nitrogens with one attached hydrogen (secondary N) is 1. The number of nitrogens with zero attached hydrogens (tertiary/aromatic N) is 1. The standard InChI is InChI=1S/C23H34N2O2/c1-16-6-4-5-7-19(16)20(25(2)3)14-24-21(26)13-22-9-17-8-18(10-22)12-23(27,11-17)15-22/h4-7,17-18,20,27H,8-15H2,1-3H3,(H,24,26)/t17-,18-,20-,22?,23?/m0/s1. The molecule has 0 unspecified atom stereocenters. The van der Waals surface area contributed by atoms with Gasteiger partial charge in [0.15, 0.2) is 0 Å². The van der Waals surface area contributed by atoms with Crippen molar-refractivity contribution in [3.63, 3.8) is 0 Å². The van der Waals surface area contributed by atoms with Gasteiger partial charge >= 0.3 is 0 Å². The Kier molecular flexibility index (Phi) is 4.84. The SMILES string of the molecule is Cc1ccccc1[C@H](CNC(=O)CC12C[C@@H]3C[C@H](CC(O)(C3)C1)C2)N(C)C. The fourth-order valence-corrected chi connectivity index (χ4v) is 6.75. The van der Waals surface area contributed by atoms with Crippen molar-refractivity contribution in [3.8, 4) is 0 Å². The van der Waals surface area contributed by atoms with Crippen molar-refractivity contribution in [1.82, 2.24) is 10.2 Å². The molecule has 0 aromatic heterocycles. The summed E-state index contributed by atoms with van der Waals surface area (Å²) in [4.78, 5) is 15.0. The zero-order chi connectivity index (χ0) is 19.2. The van der Waals surface area contributed by atoms with E-state index < -0.39 is 5.60 Å². The summed E-state index contributed by atoms with van der Waals surface area (Å²) in [6, 6.07) is 8.58. The third-order valence-electron chi connectivity index (χ3n) is 7.35. The second-order valence-corrected chi connectivity index (χ2v) is 10.0. The van der Waals surface area contributed by atoms with E-state index in [0.717, 1.165) is 32.1 Å². The summed E-state index contributed by atoms with van der Waals surface area (Å²) in [5, 5.41) is 14.1. The Labute approximate surface area is 163 Å². The first kappa shape index (κ1) is 18.9. The fourth-order valence-electron chi connectivity index (χ4n) is 6.75. The van der Waals surface area contributed by atoms with Gasteiger partial charge in [-0.15, -0.1) is 0 Å². The number of aryl methyl sites for hydroxylation is 1. The van der Waals surface area contributed by atoms with Crippen molar-refractivity contribution in [2.45, 2.75) is 63.5 Å². The first-order valence-corrected chi connectivity index (χ1v) is 10.5. The summed E-state index contributed by atoms with van der Waals surface area (Å²) < 4.78 is 0. The molecule has 148 valence electrons. The van der Waals surface area contributed by atoms with E-state index >= 15 is 0 Å². The van der Waals surface area contributed by atoms with E-state index in [1.165, 1.54) is 17.5 Å². The molecule has 5 rings (SSSR count). The molecule has 0 radical (unpaired) electrons. The highest BCUT2D eigenvalue weighted by Crippen LogP contribution is 2.62. The van der Waals surface area contributed by atoms with Gasteiger partial charge in [0.1, 0.15) is 0 Å². The summed E-state index contributed by atoms with van der Waals surface area (Å²) in [6.07, 6.45) is 6.86. The number of aliphatic hydroxyl groups is 1. The van der Waals surface area contributed by atoms with Crippen LogP contribution in [0.1, 0.15) is 62.1 Å². The fraction of sp³-hybridized carbons (Fsp3) is 0.696. The van der Waals surface area contributed by atoms with E-state index in [0.29, 0.717) is 24.8 Å². The lowest BCUT2D eigenvalue weighted by Crippen LogP contribution is -2.56. The minimum absolute atomic E-state index is 0.0409. The molecule has 4 nitrogen and oxygen atoms in total. The minimum Gasteiger partial charge on any atom is -0.390 e. The molecule has 4 bridgehead atoms. The molecule has 4 heteroatoms. The molecule has 0 spiro atoms. The highest BCUT2D eigenvalue weighted by atomic mass is 16.3. The molecule has 3 atom stereocenters. The van der Waals surface area contributed by atoms with Crippen molar-refractivity contribution in [2.75, 3.05) is 20.6 Å². The van der Waals surface area contributed by atoms with E-state index in [4.69, 9.17) is 0 Å². The molecule has 4 aliphatic rings. The van der Waals surface area contributed by atoms with Crippen molar-refractivity contribution in [3.05, 3.63) is 35.4 Å². The lowest BCUT2D eigenvalue weighted by molar-refractivity contribution is -0.169. The van der Waals surface area contributed by atoms with E-state index in [-0.39, 0.29) is 17.4 Å². The molecule has 0 heterocycles. The zero-order valence-electron chi connectivity index (χ0n) is 17.0. The van der Waals surface area contributed by atoms with E-state index in [1.54, 1.807) is 0 Å². The lowest BCUT2D eigenvalue weighted by Gasteiger charge is -2.60. The molecule has 1 aromatic rings. The van der Waals surface area contributed by atoms with Gasteiger partial charge in [-0.05, 0) is 87.9 Å². The van der Waals surface area contributed by atoms with Crippen LogP contribution in [0, 0.1) is 24.2 Å². The normalized spacial score (nSPS) is 35.4. The number of hydrogen-bond acceptors (Lipinski definition) is 3. The van der Waals surface area contributed by atoms with Crippen LogP contribution in [-0.2, 0) is 4.79 Å². The second kappa shape index (κ2) is 6.89. The maximum absolute atomic E-state index is 12.9. The molecule has 1 aromatic carbocycles. The monoisotopic (exact) mass is 370 g/mol. The van der Waals surface area contributed by atoms with Gasteiger partial charge in [-0.1, -0.05) is 24.3 Å². The molecule has 27 heavy (non-hydrogen) atoms. The Morgan fingerprint density at radius 2 is 1.89 bits per heavy atom. The number of rotatable bonds is 6. The van der Waals surface area contributed by atoms with Gasteiger partial charge in [0.25, 0.3) is 0 Å². The van der Waals surface area contributed by atoms with Crippen LogP contribution >= 0.6 is 0 Å². The smallest absolute Gasteiger partial charge is 0.220 e. The Morgan fingerprint density at radius 3 is 2.48 bits per heavy atom. The number of hydrogen-bond donors (Lipinski definition) is 2. The topological polar surface area (TPSA) is 52.6 Å². The van der Waals surface area contributed by atoms with Gasteiger partial charge < -0.3 is 15.3 Å². The second-order valence-electron chi connectivity index (χ2n) is 10.0. The lowest BCUT2D eigenvalue weighted by atomic mass is 9.47. The number of benzene rings is 1. The van der Waals surface area contributed by atoms with Crippen molar-refractivity contribution < 1.29 is 9.90 Å². The summed E-state index contributed by atoms with van der Waals surface area (Å²) in [6.45, 7) is 2.76. The minimum atomic E-state index is -0.488. The van der Waals surface area contributed by atoms with Crippen LogP contribution in [0.3, 0.4) is 0 Å². The van der Waals surface area contributed by atoms with Crippen LogP contribution in [0.2, 0.25) is 0 Å². The molecular weight excluding hydrogens is 336 g/mol. The highest BCUT2D eigenvalue weighted by Gasteiger charge is 2.57. The number of carbonyl (C=O) groups excluding carboxylic acids is 1. The Morgan fingerprint density at radius 1 is 1.22 bits per heavy atom. The van der Waals surface area contributed by atoms with Crippen LogP contribution in [-0.4, -0.2) is 42.2 Å². The van der Waals surface area contributed by atoms with Crippen LogP contribution in [0.5, 0.6) is 0 Å². The molecule has 4 fully saturated rings. The average Bonchev–Trinajstić information content (AvgIpc) is 2.53. The molecular formula is C23H34N2O2. The van der Waals surface area contributed by atoms with Gasteiger partial charge in [-0.25, -0.2) is 0 Å². The zero-order valence-corrected chi connectivity index (χ0v) is 17.0. The summed E-state index contributed by atoms with van der Waals surface area (Å²) in [5.41, 5.74) is 2.08. The van der Waals surface area contributed by atoms with Crippen LogP contribution in [0.4, 0.5) is 0 Å². The van der Waals surface area contributed by atoms with E-state index in [1.807, 2.05) is 0 Å². The van der Waals surface area contributed by atoms with E-state index in [2.05, 4.69) is 55.5 Å². The number of amides is 1. The van der Waals surface area contributed by atoms with Gasteiger partial charge in [-0.3, -0.25) is 4.79 Å². The third-order valence-corrected chi connectivity index (χ3v) is 7.35. The Hall–Kier alpha value is -1.39. The summed E-state index contributed by atoms with van der Waals surface area (Å²) >= 11 is 0. The molecule has 4 saturated carbocycles. The molecule has 4 aliphatic carbocycles. The Balaban J connectivity index is 1.40. The van der Waals surface area contributed by atoms with Crippen molar-refractivity contribution in [2.24, 2.45) is 17.3 Å². The maximum atomic E-state index is 12.9. The van der Waals surface area contributed by atoms with Gasteiger partial charge in [0.05, 0.1) is 11.6 Å². The first-order chi connectivity index (χ1) is 12.8. The quantitative estimate of drug-likeness (QED) is 0.807. The van der Waals surface area contributed by atoms with Crippen LogP contribution in [0.15, 0.2) is 24.3 Å². The molecule has 1 amide bonds. The maximum Gasteiger partial charge on any atom is 0.220 e. The van der Waals surface area contributed by atoms with Crippen molar-refractivity contribution in [1.29, 1.82) is 0 Å². The number of carbonyl (C=O) groups is 1. The Bertz CT molecular complexity index is 700. The number of likely N-dealkylation sites (N-methyl/N-ethyl adjacent to an activating group) is 1. The van der Waals surface area contributed by atoms with Gasteiger partial charge in [0.2, 0.25) is 5.91 Å². The predicted octanol–water partition coefficient (Wildman–Crippen LogP) is 3.44. The van der Waals surface area contributed by atoms with Crippen LogP contribution in [0.25, 0.3) is 0 Å². The summed E-state index contributed by atoms with van der Waals surface area (Å²) in [7, 11) is 4.13. The molecule has 0 aliphatic heterocycles. The molecule has 0 saturated heterocycles. The molecule has 2 N–H and O–H groups in total. The van der Waals surface area contributed by atoms with Gasteiger partial charge in [0, 0.05) is 13.0 Å². The largest absolute Gasteiger partial charge is 0.390 e. The summed E-state index contributed by atoms with van der Waals surface area (Å²) in [5.74, 6) is 1.41. The average molecular weight is 371 g/mol. The predicted molar refractivity (Wildman–Crippen MR) is 107 cm³/mol. The van der Waals surface area contributed by atoms with Crippen LogP contribution < -0.4 is 5.32 Å². The first-order valence-electron chi connectivity index (χ1n) is 10.5.